The van der Waals surface area contributed by atoms with Crippen LogP contribution in [0, 0.1) is 6.92 Å². The minimum Gasteiger partial charge on any atom is -0.322 e. The molecule has 0 aliphatic heterocycles. The zero-order chi connectivity index (χ0) is 19.2. The van der Waals surface area contributed by atoms with Crippen molar-refractivity contribution >= 4 is 23.4 Å². The van der Waals surface area contributed by atoms with Crippen LogP contribution in [-0.4, -0.2) is 5.91 Å². The van der Waals surface area contributed by atoms with Crippen LogP contribution in [0.4, 0.5) is 5.69 Å². The van der Waals surface area contributed by atoms with Crippen molar-refractivity contribution in [1.82, 2.24) is 0 Å². The van der Waals surface area contributed by atoms with Gasteiger partial charge in [0.2, 0.25) is 0 Å². The first-order chi connectivity index (χ1) is 13.0. The fraction of sp³-hybridized carbons (Fsp3) is 0.208. The first-order valence-electron chi connectivity index (χ1n) is 9.21. The molecule has 3 rings (SSSR count). The number of thioether (sulfide) groups is 1. The third-order valence-electron chi connectivity index (χ3n) is 4.48. The number of hydrogen-bond donors (Lipinski definition) is 1. The van der Waals surface area contributed by atoms with E-state index in [1.54, 1.807) is 11.8 Å². The summed E-state index contributed by atoms with van der Waals surface area (Å²) >= 11 is 1.80. The highest BCUT2D eigenvalue weighted by Gasteiger charge is 2.07. The molecule has 27 heavy (non-hydrogen) atoms. The lowest BCUT2D eigenvalue weighted by molar-refractivity contribution is 0.102. The number of carbonyl (C=O) groups is 1. The Hall–Kier alpha value is -2.52. The van der Waals surface area contributed by atoms with Crippen LogP contribution in [-0.2, 0) is 5.75 Å². The van der Waals surface area contributed by atoms with Gasteiger partial charge in [-0.15, -0.1) is 11.8 Å². The molecule has 138 valence electrons. The van der Waals surface area contributed by atoms with Gasteiger partial charge in [-0.3, -0.25) is 4.79 Å². The number of amides is 1. The highest BCUT2D eigenvalue weighted by Crippen LogP contribution is 2.23. The van der Waals surface area contributed by atoms with E-state index in [0.717, 1.165) is 11.4 Å². The molecular formula is C24H25NOS. The lowest BCUT2D eigenvalue weighted by Crippen LogP contribution is -2.11. The van der Waals surface area contributed by atoms with Crippen molar-refractivity contribution < 1.29 is 4.79 Å². The molecule has 1 amide bonds. The summed E-state index contributed by atoms with van der Waals surface area (Å²) in [6.45, 7) is 6.41. The van der Waals surface area contributed by atoms with Crippen molar-refractivity contribution in [2.24, 2.45) is 0 Å². The first kappa shape index (κ1) is 19.2. The molecule has 3 heteroatoms. The van der Waals surface area contributed by atoms with Gasteiger partial charge in [-0.1, -0.05) is 55.8 Å². The van der Waals surface area contributed by atoms with E-state index in [2.05, 4.69) is 62.5 Å². The van der Waals surface area contributed by atoms with E-state index in [1.165, 1.54) is 21.6 Å². The predicted molar refractivity (Wildman–Crippen MR) is 116 cm³/mol. The Kier molecular flexibility index (Phi) is 6.36. The Labute approximate surface area is 166 Å². The average Bonchev–Trinajstić information content (AvgIpc) is 2.68. The molecule has 1 N–H and O–H groups in total. The largest absolute Gasteiger partial charge is 0.322 e. The van der Waals surface area contributed by atoms with Gasteiger partial charge in [0.25, 0.3) is 5.91 Å². The zero-order valence-corrected chi connectivity index (χ0v) is 16.8. The van der Waals surface area contributed by atoms with Gasteiger partial charge < -0.3 is 5.32 Å². The lowest BCUT2D eigenvalue weighted by Gasteiger charge is -2.09. The van der Waals surface area contributed by atoms with Gasteiger partial charge in [0, 0.05) is 21.9 Å². The van der Waals surface area contributed by atoms with E-state index in [4.69, 9.17) is 0 Å². The van der Waals surface area contributed by atoms with E-state index in [-0.39, 0.29) is 5.91 Å². The van der Waals surface area contributed by atoms with E-state index in [1.807, 2.05) is 36.4 Å². The van der Waals surface area contributed by atoms with E-state index >= 15 is 0 Å². The molecule has 2 nitrogen and oxygen atoms in total. The Balaban J connectivity index is 1.57. The Morgan fingerprint density at radius 2 is 1.52 bits per heavy atom. The number of anilines is 1. The molecule has 0 bridgehead atoms. The second-order valence-corrected chi connectivity index (χ2v) is 8.08. The third-order valence-corrected chi connectivity index (χ3v) is 5.56. The molecule has 0 aliphatic rings. The van der Waals surface area contributed by atoms with Gasteiger partial charge in [0.15, 0.2) is 0 Å². The van der Waals surface area contributed by atoms with Gasteiger partial charge in [-0.25, -0.2) is 0 Å². The van der Waals surface area contributed by atoms with Crippen LogP contribution < -0.4 is 5.32 Å². The van der Waals surface area contributed by atoms with Crippen LogP contribution in [0.3, 0.4) is 0 Å². The summed E-state index contributed by atoms with van der Waals surface area (Å²) in [5, 5.41) is 2.96. The molecule has 0 saturated carbocycles. The number of carbonyl (C=O) groups excluding carboxylic acids is 1. The molecule has 0 aromatic heterocycles. The summed E-state index contributed by atoms with van der Waals surface area (Å²) in [7, 11) is 0. The molecule has 0 aliphatic carbocycles. The van der Waals surface area contributed by atoms with E-state index in [9.17, 15) is 4.79 Å². The van der Waals surface area contributed by atoms with Crippen LogP contribution in [0.5, 0.6) is 0 Å². The SMILES string of the molecule is Cc1ccc(SCc2ccc(C(=O)Nc3ccc(C(C)C)cc3)cc2)cc1. The Bertz CT molecular complexity index is 881. The molecule has 0 fully saturated rings. The Morgan fingerprint density at radius 3 is 2.11 bits per heavy atom. The summed E-state index contributed by atoms with van der Waals surface area (Å²) in [4.78, 5) is 13.7. The lowest BCUT2D eigenvalue weighted by atomic mass is 10.0. The summed E-state index contributed by atoms with van der Waals surface area (Å²) in [5.74, 6) is 1.30. The molecule has 3 aromatic rings. The van der Waals surface area contributed by atoms with Crippen molar-refractivity contribution in [3.63, 3.8) is 0 Å². The predicted octanol–water partition coefficient (Wildman–Crippen LogP) is 6.66. The normalized spacial score (nSPS) is 10.8. The maximum Gasteiger partial charge on any atom is 0.255 e. The summed E-state index contributed by atoms with van der Waals surface area (Å²) in [5.41, 5.74) is 5.24. The van der Waals surface area contributed by atoms with E-state index in [0.29, 0.717) is 11.5 Å². The number of rotatable bonds is 6. The van der Waals surface area contributed by atoms with Crippen molar-refractivity contribution in [2.75, 3.05) is 5.32 Å². The number of hydrogen-bond acceptors (Lipinski definition) is 2. The molecular weight excluding hydrogens is 350 g/mol. The quantitative estimate of drug-likeness (QED) is 0.488. The van der Waals surface area contributed by atoms with Gasteiger partial charge in [0.1, 0.15) is 0 Å². The second kappa shape index (κ2) is 8.92. The maximum atomic E-state index is 12.4. The van der Waals surface area contributed by atoms with Crippen LogP contribution in [0.1, 0.15) is 46.8 Å². The Morgan fingerprint density at radius 1 is 0.889 bits per heavy atom. The first-order valence-corrected chi connectivity index (χ1v) is 10.2. The fourth-order valence-electron chi connectivity index (χ4n) is 2.71. The van der Waals surface area contributed by atoms with Crippen molar-refractivity contribution in [2.45, 2.75) is 37.3 Å². The minimum absolute atomic E-state index is 0.0787. The number of nitrogens with one attached hydrogen (secondary N) is 1. The maximum absolute atomic E-state index is 12.4. The van der Waals surface area contributed by atoms with Crippen LogP contribution >= 0.6 is 11.8 Å². The fourth-order valence-corrected chi connectivity index (χ4v) is 3.56. The highest BCUT2D eigenvalue weighted by molar-refractivity contribution is 7.98. The van der Waals surface area contributed by atoms with Crippen LogP contribution in [0.15, 0.2) is 77.7 Å². The monoisotopic (exact) mass is 375 g/mol. The number of aryl methyl sites for hydroxylation is 1. The number of benzene rings is 3. The van der Waals surface area contributed by atoms with Gasteiger partial charge >= 0.3 is 0 Å². The highest BCUT2D eigenvalue weighted by atomic mass is 32.2. The minimum atomic E-state index is -0.0787. The van der Waals surface area contributed by atoms with Gasteiger partial charge in [-0.2, -0.15) is 0 Å². The third kappa shape index (κ3) is 5.48. The smallest absolute Gasteiger partial charge is 0.255 e. The summed E-state index contributed by atoms with van der Waals surface area (Å²) in [6, 6.07) is 24.4. The molecule has 0 unspecified atom stereocenters. The van der Waals surface area contributed by atoms with Gasteiger partial charge in [0.05, 0.1) is 0 Å². The average molecular weight is 376 g/mol. The van der Waals surface area contributed by atoms with Gasteiger partial charge in [-0.05, 0) is 60.4 Å². The molecule has 0 spiro atoms. The molecule has 3 aromatic carbocycles. The van der Waals surface area contributed by atoms with E-state index < -0.39 is 0 Å². The van der Waals surface area contributed by atoms with Crippen LogP contribution in [0.25, 0.3) is 0 Å². The molecule has 0 atom stereocenters. The topological polar surface area (TPSA) is 29.1 Å². The van der Waals surface area contributed by atoms with Crippen molar-refractivity contribution in [3.05, 3.63) is 95.1 Å². The zero-order valence-electron chi connectivity index (χ0n) is 16.0. The van der Waals surface area contributed by atoms with Crippen LogP contribution in [0.2, 0.25) is 0 Å². The second-order valence-electron chi connectivity index (χ2n) is 7.03. The molecule has 0 saturated heterocycles. The summed E-state index contributed by atoms with van der Waals surface area (Å²) < 4.78 is 0. The standard InChI is InChI=1S/C24H25NOS/c1-17(2)20-10-12-22(13-11-20)25-24(26)21-8-6-19(7-9-21)16-27-23-14-4-18(3)5-15-23/h4-15,17H,16H2,1-3H3,(H,25,26). The van der Waals surface area contributed by atoms with Crippen molar-refractivity contribution in [3.8, 4) is 0 Å². The molecule has 0 heterocycles. The summed E-state index contributed by atoms with van der Waals surface area (Å²) in [6.07, 6.45) is 0. The van der Waals surface area contributed by atoms with Crippen molar-refractivity contribution in [1.29, 1.82) is 0 Å². The molecule has 0 radical (unpaired) electrons.